The summed E-state index contributed by atoms with van der Waals surface area (Å²) in [6, 6.07) is 10.3. The van der Waals surface area contributed by atoms with Crippen molar-refractivity contribution >= 4 is 17.2 Å². The van der Waals surface area contributed by atoms with E-state index in [4.69, 9.17) is 4.74 Å². The van der Waals surface area contributed by atoms with Crippen LogP contribution in [0.5, 0.6) is 10.9 Å². The molecule has 2 aromatic rings. The van der Waals surface area contributed by atoms with Crippen LogP contribution < -0.4 is 10.1 Å². The van der Waals surface area contributed by atoms with Crippen LogP contribution in [-0.4, -0.2) is 41.0 Å². The zero-order valence-corrected chi connectivity index (χ0v) is 15.5. The second kappa shape index (κ2) is 8.80. The number of nitrogens with one attached hydrogen (secondary N) is 1. The molecule has 1 heterocycles. The van der Waals surface area contributed by atoms with E-state index in [9.17, 15) is 4.79 Å². The minimum Gasteiger partial charge on any atom is -0.431 e. The topological polar surface area (TPSA) is 54.5 Å². The first-order valence-electron chi connectivity index (χ1n) is 8.19. The van der Waals surface area contributed by atoms with Crippen LogP contribution in [0, 0.1) is 0 Å². The number of nitrogens with zero attached hydrogens (tertiary/aromatic N) is 2. The van der Waals surface area contributed by atoms with E-state index in [2.05, 4.69) is 42.9 Å². The van der Waals surface area contributed by atoms with Gasteiger partial charge in [0.1, 0.15) is 11.4 Å². The molecular weight excluding hydrogens is 322 g/mol. The number of thiazole rings is 1. The Morgan fingerprint density at radius 1 is 1.21 bits per heavy atom. The smallest absolute Gasteiger partial charge is 0.279 e. The SMILES string of the molecule is CC(C)N(CCNC(=O)c1csc(Oc2ccccc2)n1)C(C)C. The summed E-state index contributed by atoms with van der Waals surface area (Å²) in [5.74, 6) is 0.546. The minimum atomic E-state index is -0.165. The summed E-state index contributed by atoms with van der Waals surface area (Å²) in [7, 11) is 0. The van der Waals surface area contributed by atoms with Crippen molar-refractivity contribution in [1.29, 1.82) is 0 Å². The summed E-state index contributed by atoms with van der Waals surface area (Å²) < 4.78 is 5.63. The van der Waals surface area contributed by atoms with Crippen molar-refractivity contribution in [2.24, 2.45) is 0 Å². The molecule has 0 aliphatic carbocycles. The Hall–Kier alpha value is -1.92. The number of rotatable bonds is 8. The van der Waals surface area contributed by atoms with Crippen LogP contribution in [-0.2, 0) is 0 Å². The average molecular weight is 347 g/mol. The third-order valence-corrected chi connectivity index (χ3v) is 4.36. The number of hydrogen-bond acceptors (Lipinski definition) is 5. The van der Waals surface area contributed by atoms with E-state index in [1.54, 1.807) is 5.38 Å². The first kappa shape index (κ1) is 18.4. The van der Waals surface area contributed by atoms with Gasteiger partial charge in [-0.15, -0.1) is 0 Å². The third kappa shape index (κ3) is 5.32. The van der Waals surface area contributed by atoms with E-state index in [1.165, 1.54) is 11.3 Å². The van der Waals surface area contributed by atoms with Gasteiger partial charge in [0.05, 0.1) is 0 Å². The Kier molecular flexibility index (Phi) is 6.75. The molecule has 0 spiro atoms. The highest BCUT2D eigenvalue weighted by Gasteiger charge is 2.15. The molecule has 1 N–H and O–H groups in total. The minimum absolute atomic E-state index is 0.165. The van der Waals surface area contributed by atoms with E-state index in [0.29, 0.717) is 35.3 Å². The van der Waals surface area contributed by atoms with Gasteiger partial charge >= 0.3 is 0 Å². The van der Waals surface area contributed by atoms with Gasteiger partial charge in [-0.1, -0.05) is 29.5 Å². The molecule has 6 heteroatoms. The van der Waals surface area contributed by atoms with E-state index in [1.807, 2.05) is 30.3 Å². The Morgan fingerprint density at radius 3 is 2.50 bits per heavy atom. The number of benzene rings is 1. The number of aromatic nitrogens is 1. The van der Waals surface area contributed by atoms with Crippen molar-refractivity contribution in [1.82, 2.24) is 15.2 Å². The Morgan fingerprint density at radius 2 is 1.88 bits per heavy atom. The quantitative estimate of drug-likeness (QED) is 0.789. The molecule has 24 heavy (non-hydrogen) atoms. The Labute approximate surface area is 147 Å². The largest absolute Gasteiger partial charge is 0.431 e. The predicted molar refractivity (Wildman–Crippen MR) is 97.9 cm³/mol. The fourth-order valence-electron chi connectivity index (χ4n) is 2.50. The van der Waals surface area contributed by atoms with Gasteiger partial charge in [-0.25, -0.2) is 0 Å². The lowest BCUT2D eigenvalue weighted by molar-refractivity contribution is 0.0934. The van der Waals surface area contributed by atoms with Crippen LogP contribution in [0.1, 0.15) is 38.2 Å². The number of ether oxygens (including phenoxy) is 1. The number of para-hydroxylation sites is 1. The summed E-state index contributed by atoms with van der Waals surface area (Å²) in [5.41, 5.74) is 0.395. The van der Waals surface area contributed by atoms with Crippen molar-refractivity contribution in [3.63, 3.8) is 0 Å². The summed E-state index contributed by atoms with van der Waals surface area (Å²) in [6.45, 7) is 10.1. The normalized spacial score (nSPS) is 11.3. The first-order chi connectivity index (χ1) is 11.5. The van der Waals surface area contributed by atoms with E-state index >= 15 is 0 Å². The van der Waals surface area contributed by atoms with Crippen molar-refractivity contribution in [3.05, 3.63) is 41.4 Å². The van der Waals surface area contributed by atoms with Crippen LogP contribution >= 0.6 is 11.3 Å². The monoisotopic (exact) mass is 347 g/mol. The molecule has 5 nitrogen and oxygen atoms in total. The van der Waals surface area contributed by atoms with Gasteiger partial charge in [0.25, 0.3) is 11.1 Å². The Bertz CT molecular complexity index is 633. The maximum atomic E-state index is 12.2. The van der Waals surface area contributed by atoms with Gasteiger partial charge in [0, 0.05) is 30.6 Å². The van der Waals surface area contributed by atoms with Gasteiger partial charge in [0.15, 0.2) is 0 Å². The van der Waals surface area contributed by atoms with E-state index in [0.717, 1.165) is 6.54 Å². The van der Waals surface area contributed by atoms with Gasteiger partial charge in [-0.05, 0) is 39.8 Å². The standard InChI is InChI=1S/C18H25N3O2S/c1-13(2)21(14(3)4)11-10-19-17(22)16-12-24-18(20-16)23-15-8-6-5-7-9-15/h5-9,12-14H,10-11H2,1-4H3,(H,19,22). The van der Waals surface area contributed by atoms with Crippen molar-refractivity contribution in [2.45, 2.75) is 39.8 Å². The predicted octanol–water partition coefficient (Wildman–Crippen LogP) is 3.78. The van der Waals surface area contributed by atoms with Crippen molar-refractivity contribution in [3.8, 4) is 10.9 Å². The lowest BCUT2D eigenvalue weighted by atomic mass is 10.2. The highest BCUT2D eigenvalue weighted by molar-refractivity contribution is 7.11. The molecule has 0 aliphatic rings. The average Bonchev–Trinajstić information content (AvgIpc) is 3.00. The molecule has 0 atom stereocenters. The van der Waals surface area contributed by atoms with Crippen LogP contribution in [0.2, 0.25) is 0 Å². The van der Waals surface area contributed by atoms with Gasteiger partial charge < -0.3 is 10.1 Å². The molecular formula is C18H25N3O2S. The number of carbonyl (C=O) groups excluding carboxylic acids is 1. The Balaban J connectivity index is 1.85. The molecule has 0 saturated heterocycles. The molecule has 0 saturated carbocycles. The highest BCUT2D eigenvalue weighted by Crippen LogP contribution is 2.24. The number of carbonyl (C=O) groups is 1. The van der Waals surface area contributed by atoms with Crippen molar-refractivity contribution < 1.29 is 9.53 Å². The zero-order valence-electron chi connectivity index (χ0n) is 14.7. The maximum Gasteiger partial charge on any atom is 0.279 e. The second-order valence-electron chi connectivity index (χ2n) is 6.09. The molecule has 0 aliphatic heterocycles. The summed E-state index contributed by atoms with van der Waals surface area (Å²) in [6.07, 6.45) is 0. The lowest BCUT2D eigenvalue weighted by Crippen LogP contribution is -2.42. The van der Waals surface area contributed by atoms with Crippen LogP contribution in [0.25, 0.3) is 0 Å². The van der Waals surface area contributed by atoms with Crippen LogP contribution in [0.15, 0.2) is 35.7 Å². The molecule has 1 aromatic heterocycles. The third-order valence-electron chi connectivity index (χ3n) is 3.65. The van der Waals surface area contributed by atoms with Gasteiger partial charge in [-0.2, -0.15) is 4.98 Å². The van der Waals surface area contributed by atoms with Gasteiger partial charge in [-0.3, -0.25) is 9.69 Å². The number of hydrogen-bond donors (Lipinski definition) is 1. The second-order valence-corrected chi connectivity index (χ2v) is 6.92. The fraction of sp³-hybridized carbons (Fsp3) is 0.444. The number of amides is 1. The lowest BCUT2D eigenvalue weighted by Gasteiger charge is -2.30. The van der Waals surface area contributed by atoms with E-state index in [-0.39, 0.29) is 5.91 Å². The summed E-state index contributed by atoms with van der Waals surface area (Å²) in [5, 5.41) is 5.11. The molecule has 0 bridgehead atoms. The maximum absolute atomic E-state index is 12.2. The first-order valence-corrected chi connectivity index (χ1v) is 9.07. The summed E-state index contributed by atoms with van der Waals surface area (Å²) in [4.78, 5) is 18.8. The van der Waals surface area contributed by atoms with Crippen molar-refractivity contribution in [2.75, 3.05) is 13.1 Å². The van der Waals surface area contributed by atoms with Crippen LogP contribution in [0.3, 0.4) is 0 Å². The van der Waals surface area contributed by atoms with Crippen LogP contribution in [0.4, 0.5) is 0 Å². The highest BCUT2D eigenvalue weighted by atomic mass is 32.1. The molecule has 0 radical (unpaired) electrons. The van der Waals surface area contributed by atoms with Gasteiger partial charge in [0.2, 0.25) is 0 Å². The molecule has 1 aromatic carbocycles. The molecule has 0 fully saturated rings. The molecule has 2 rings (SSSR count). The summed E-state index contributed by atoms with van der Waals surface area (Å²) >= 11 is 1.32. The van der Waals surface area contributed by atoms with E-state index < -0.39 is 0 Å². The molecule has 130 valence electrons. The molecule has 1 amide bonds. The zero-order chi connectivity index (χ0) is 17.5. The molecule has 0 unspecified atom stereocenters. The fourth-order valence-corrected chi connectivity index (χ4v) is 3.17.